The fourth-order valence-corrected chi connectivity index (χ4v) is 3.84. The first-order valence-electron chi connectivity index (χ1n) is 9.27. The fraction of sp³-hybridized carbons (Fsp3) is 0.400. The summed E-state index contributed by atoms with van der Waals surface area (Å²) >= 11 is 0. The maximum Gasteiger partial charge on any atom is 0.289 e. The van der Waals surface area contributed by atoms with Crippen molar-refractivity contribution in [3.63, 3.8) is 0 Å². The van der Waals surface area contributed by atoms with Gasteiger partial charge in [-0.3, -0.25) is 9.59 Å². The predicted octanol–water partition coefficient (Wildman–Crippen LogP) is 0.748. The molecule has 6 nitrogen and oxygen atoms in total. The van der Waals surface area contributed by atoms with Crippen molar-refractivity contribution >= 4 is 17.5 Å². The molecule has 2 N–H and O–H groups in total. The van der Waals surface area contributed by atoms with Gasteiger partial charge in [0.25, 0.3) is 11.8 Å². The molecule has 4 rings (SSSR count). The van der Waals surface area contributed by atoms with E-state index in [0.29, 0.717) is 25.4 Å². The third-order valence-corrected chi connectivity index (χ3v) is 5.28. The number of hydrogen-bond acceptors (Lipinski definition) is 3. The van der Waals surface area contributed by atoms with Crippen molar-refractivity contribution in [2.24, 2.45) is 0 Å². The van der Waals surface area contributed by atoms with Crippen LogP contribution in [0.3, 0.4) is 0 Å². The van der Waals surface area contributed by atoms with E-state index in [1.165, 1.54) is 28.7 Å². The second-order valence-corrected chi connectivity index (χ2v) is 7.08. The number of fused-ring (bicyclic) bond motifs is 1. The Morgan fingerprint density at radius 3 is 2.69 bits per heavy atom. The number of anilines is 1. The summed E-state index contributed by atoms with van der Waals surface area (Å²) in [5.74, 6) is 0.336. The number of aryl methyl sites for hydroxylation is 2. The average molecular weight is 354 g/mol. The van der Waals surface area contributed by atoms with Crippen molar-refractivity contribution in [2.75, 3.05) is 38.0 Å². The average Bonchev–Trinajstić information content (AvgIpc) is 3.33. The molecule has 26 heavy (non-hydrogen) atoms. The number of rotatable bonds is 4. The van der Waals surface area contributed by atoms with Gasteiger partial charge in [0, 0.05) is 5.69 Å². The maximum atomic E-state index is 12.4. The quantitative estimate of drug-likeness (QED) is 0.851. The molecular formula is C20H24N3O3+. The first kappa shape index (κ1) is 16.8. The van der Waals surface area contributed by atoms with Crippen LogP contribution in [0.1, 0.15) is 28.1 Å². The molecule has 0 bridgehead atoms. The number of quaternary nitrogens is 1. The molecule has 2 aromatic rings. The second kappa shape index (κ2) is 7.33. The first-order chi connectivity index (χ1) is 12.7. The van der Waals surface area contributed by atoms with E-state index in [0.717, 1.165) is 31.6 Å². The van der Waals surface area contributed by atoms with Gasteiger partial charge in [0.15, 0.2) is 12.3 Å². The van der Waals surface area contributed by atoms with Gasteiger partial charge in [0.05, 0.1) is 32.4 Å². The molecule has 0 unspecified atom stereocenters. The summed E-state index contributed by atoms with van der Waals surface area (Å²) in [6, 6.07) is 9.64. The van der Waals surface area contributed by atoms with Crippen LogP contribution in [0.4, 0.5) is 5.69 Å². The number of hydrogen-bond donors (Lipinski definition) is 2. The fourth-order valence-electron chi connectivity index (χ4n) is 3.84. The minimum atomic E-state index is -0.0726. The van der Waals surface area contributed by atoms with E-state index in [1.807, 2.05) is 6.07 Å². The van der Waals surface area contributed by atoms with Crippen LogP contribution in [0.2, 0.25) is 0 Å². The van der Waals surface area contributed by atoms with Gasteiger partial charge in [-0.1, -0.05) is 6.07 Å². The first-order valence-corrected chi connectivity index (χ1v) is 9.27. The Kier molecular flexibility index (Phi) is 4.75. The molecular weight excluding hydrogens is 330 g/mol. The van der Waals surface area contributed by atoms with E-state index >= 15 is 0 Å². The summed E-state index contributed by atoms with van der Waals surface area (Å²) in [7, 11) is 0. The summed E-state index contributed by atoms with van der Waals surface area (Å²) in [4.78, 5) is 27.6. The number of piperazine rings is 1. The van der Waals surface area contributed by atoms with Crippen LogP contribution in [0.25, 0.3) is 0 Å². The van der Waals surface area contributed by atoms with Crippen LogP contribution >= 0.6 is 0 Å². The molecule has 0 saturated carbocycles. The molecule has 1 aliphatic heterocycles. The Morgan fingerprint density at radius 2 is 1.92 bits per heavy atom. The van der Waals surface area contributed by atoms with Crippen molar-refractivity contribution in [2.45, 2.75) is 19.3 Å². The highest BCUT2D eigenvalue weighted by molar-refractivity contribution is 5.92. The lowest BCUT2D eigenvalue weighted by Crippen LogP contribution is -3.15. The van der Waals surface area contributed by atoms with Gasteiger partial charge in [-0.15, -0.1) is 0 Å². The molecule has 2 heterocycles. The van der Waals surface area contributed by atoms with E-state index in [4.69, 9.17) is 4.42 Å². The van der Waals surface area contributed by atoms with Gasteiger partial charge in [-0.2, -0.15) is 0 Å². The lowest BCUT2D eigenvalue weighted by Gasteiger charge is -2.31. The molecule has 0 atom stereocenters. The van der Waals surface area contributed by atoms with E-state index in [2.05, 4.69) is 17.4 Å². The molecule has 1 saturated heterocycles. The lowest BCUT2D eigenvalue weighted by molar-refractivity contribution is -0.895. The Hall–Kier alpha value is -2.60. The number of amides is 2. The molecule has 1 aromatic carbocycles. The van der Waals surface area contributed by atoms with Gasteiger partial charge in [-0.25, -0.2) is 0 Å². The largest absolute Gasteiger partial charge is 0.459 e. The molecule has 0 radical (unpaired) electrons. The van der Waals surface area contributed by atoms with E-state index < -0.39 is 0 Å². The Balaban J connectivity index is 1.26. The van der Waals surface area contributed by atoms with Crippen LogP contribution < -0.4 is 10.2 Å². The van der Waals surface area contributed by atoms with Gasteiger partial charge < -0.3 is 19.5 Å². The molecule has 1 fully saturated rings. The highest BCUT2D eigenvalue weighted by Crippen LogP contribution is 2.24. The Bertz CT molecular complexity index is 793. The summed E-state index contributed by atoms with van der Waals surface area (Å²) in [6.07, 6.45) is 4.97. The molecule has 0 spiro atoms. The van der Waals surface area contributed by atoms with Crippen molar-refractivity contribution in [1.82, 2.24) is 4.90 Å². The van der Waals surface area contributed by atoms with Crippen molar-refractivity contribution in [3.8, 4) is 0 Å². The smallest absolute Gasteiger partial charge is 0.289 e. The summed E-state index contributed by atoms with van der Waals surface area (Å²) in [5.41, 5.74) is 3.66. The minimum absolute atomic E-state index is 0.0313. The zero-order chi connectivity index (χ0) is 17.9. The lowest BCUT2D eigenvalue weighted by atomic mass is 10.1. The number of benzene rings is 1. The SMILES string of the molecule is O=C(C[NH+]1CCN(C(=O)c2ccco2)CC1)Nc1ccc2c(c1)CCC2. The monoisotopic (exact) mass is 354 g/mol. The van der Waals surface area contributed by atoms with Gasteiger partial charge >= 0.3 is 0 Å². The Labute approximate surface area is 152 Å². The predicted molar refractivity (Wildman–Crippen MR) is 97.3 cm³/mol. The van der Waals surface area contributed by atoms with Crippen LogP contribution in [0.15, 0.2) is 41.0 Å². The molecule has 6 heteroatoms. The summed E-state index contributed by atoms with van der Waals surface area (Å²) in [5, 5.41) is 3.02. The van der Waals surface area contributed by atoms with Crippen LogP contribution in [-0.2, 0) is 17.6 Å². The van der Waals surface area contributed by atoms with Crippen molar-refractivity contribution in [1.29, 1.82) is 0 Å². The molecule has 1 aliphatic carbocycles. The number of nitrogens with zero attached hydrogens (tertiary/aromatic N) is 1. The molecule has 1 aromatic heterocycles. The number of carbonyl (C=O) groups excluding carboxylic acids is 2. The molecule has 136 valence electrons. The summed E-state index contributed by atoms with van der Waals surface area (Å²) in [6.45, 7) is 3.25. The highest BCUT2D eigenvalue weighted by Gasteiger charge is 2.27. The van der Waals surface area contributed by atoms with Crippen molar-refractivity contribution < 1.29 is 18.9 Å². The minimum Gasteiger partial charge on any atom is -0.459 e. The van der Waals surface area contributed by atoms with E-state index in [9.17, 15) is 9.59 Å². The normalized spacial score (nSPS) is 17.2. The van der Waals surface area contributed by atoms with Gasteiger partial charge in [0.1, 0.15) is 0 Å². The zero-order valence-corrected chi connectivity index (χ0v) is 14.8. The standard InChI is InChI=1S/C20H23N3O3/c24-19(21-17-7-6-15-3-1-4-16(15)13-17)14-22-8-10-23(11-9-22)20(25)18-5-2-12-26-18/h2,5-7,12-13H,1,3-4,8-11,14H2,(H,21,24)/p+1. The third kappa shape index (κ3) is 3.65. The van der Waals surface area contributed by atoms with Crippen molar-refractivity contribution in [3.05, 3.63) is 53.5 Å². The third-order valence-electron chi connectivity index (χ3n) is 5.28. The zero-order valence-electron chi connectivity index (χ0n) is 14.8. The molecule has 2 amide bonds. The Morgan fingerprint density at radius 1 is 1.12 bits per heavy atom. The van der Waals surface area contributed by atoms with Crippen LogP contribution in [0, 0.1) is 0 Å². The topological polar surface area (TPSA) is 67.0 Å². The van der Waals surface area contributed by atoms with E-state index in [1.54, 1.807) is 17.0 Å². The number of furan rings is 1. The van der Waals surface area contributed by atoms with Gasteiger partial charge in [0.2, 0.25) is 0 Å². The number of carbonyl (C=O) groups is 2. The molecule has 2 aliphatic rings. The van der Waals surface area contributed by atoms with Crippen LogP contribution in [-0.4, -0.2) is 49.4 Å². The highest BCUT2D eigenvalue weighted by atomic mass is 16.3. The second-order valence-electron chi connectivity index (χ2n) is 7.08. The maximum absolute atomic E-state index is 12.4. The van der Waals surface area contributed by atoms with E-state index in [-0.39, 0.29) is 11.8 Å². The summed E-state index contributed by atoms with van der Waals surface area (Å²) < 4.78 is 5.18. The van der Waals surface area contributed by atoms with Crippen LogP contribution in [0.5, 0.6) is 0 Å². The number of nitrogens with one attached hydrogen (secondary N) is 2. The van der Waals surface area contributed by atoms with Gasteiger partial charge in [-0.05, 0) is 54.7 Å².